The van der Waals surface area contributed by atoms with E-state index in [1.165, 1.54) is 10.4 Å². The van der Waals surface area contributed by atoms with E-state index in [9.17, 15) is 4.79 Å². The Kier molecular flexibility index (Phi) is 4.40. The molecule has 1 amide bonds. The van der Waals surface area contributed by atoms with Gasteiger partial charge in [-0.3, -0.25) is 9.69 Å². The van der Waals surface area contributed by atoms with Crippen LogP contribution in [0.15, 0.2) is 29.8 Å². The number of rotatable bonds is 4. The number of likely N-dealkylation sites (N-methyl/N-ethyl adjacent to an activating group) is 1. The highest BCUT2D eigenvalue weighted by Gasteiger charge is 2.21. The largest absolute Gasteiger partial charge is 0.481 e. The van der Waals surface area contributed by atoms with Crippen molar-refractivity contribution >= 4 is 22.9 Å². The van der Waals surface area contributed by atoms with Gasteiger partial charge in [0, 0.05) is 31.1 Å². The summed E-state index contributed by atoms with van der Waals surface area (Å²) in [6.45, 7) is 2.23. The van der Waals surface area contributed by atoms with Gasteiger partial charge < -0.3 is 9.64 Å². The molecule has 0 atom stereocenters. The zero-order chi connectivity index (χ0) is 15.5. The summed E-state index contributed by atoms with van der Waals surface area (Å²) in [5.41, 5.74) is 2.14. The molecule has 0 fully saturated rings. The van der Waals surface area contributed by atoms with Gasteiger partial charge in [0.2, 0.25) is 11.8 Å². The maximum absolute atomic E-state index is 12.4. The van der Waals surface area contributed by atoms with Crippen LogP contribution in [-0.2, 0) is 17.8 Å². The number of hydrogen-bond acceptors (Lipinski definition) is 5. The van der Waals surface area contributed by atoms with Crippen molar-refractivity contribution in [3.8, 4) is 5.88 Å². The summed E-state index contributed by atoms with van der Waals surface area (Å²) < 4.78 is 5.03. The van der Waals surface area contributed by atoms with Crippen LogP contribution in [0.1, 0.15) is 10.4 Å². The summed E-state index contributed by atoms with van der Waals surface area (Å²) in [6.07, 6.45) is 2.69. The summed E-state index contributed by atoms with van der Waals surface area (Å²) in [5.74, 6) is 0.622. The Morgan fingerprint density at radius 2 is 2.32 bits per heavy atom. The van der Waals surface area contributed by atoms with Gasteiger partial charge in [0.05, 0.1) is 25.5 Å². The zero-order valence-electron chi connectivity index (χ0n) is 12.8. The molecule has 5 nitrogen and oxygen atoms in total. The molecule has 0 saturated heterocycles. The molecule has 2 aromatic heterocycles. The Bertz CT molecular complexity index is 654. The second-order valence-electron chi connectivity index (χ2n) is 5.34. The Labute approximate surface area is 134 Å². The average molecular weight is 317 g/mol. The fourth-order valence-electron chi connectivity index (χ4n) is 2.57. The second-order valence-corrected chi connectivity index (χ2v) is 6.34. The van der Waals surface area contributed by atoms with Gasteiger partial charge in [0.1, 0.15) is 0 Å². The number of pyridine rings is 1. The Balaban J connectivity index is 1.61. The fourth-order valence-corrected chi connectivity index (χ4v) is 3.46. The maximum Gasteiger partial charge on any atom is 0.240 e. The number of carbonyl (C=O) groups excluding carboxylic acids is 1. The van der Waals surface area contributed by atoms with Gasteiger partial charge in [-0.05, 0) is 29.5 Å². The molecule has 0 aromatic carbocycles. The van der Waals surface area contributed by atoms with Gasteiger partial charge >= 0.3 is 0 Å². The van der Waals surface area contributed by atoms with Crippen molar-refractivity contribution in [2.24, 2.45) is 0 Å². The number of fused-ring (bicyclic) bond motifs is 1. The molecule has 0 unspecified atom stereocenters. The highest BCUT2D eigenvalue weighted by Crippen LogP contribution is 2.24. The summed E-state index contributed by atoms with van der Waals surface area (Å²) in [4.78, 5) is 21.9. The maximum atomic E-state index is 12.4. The lowest BCUT2D eigenvalue weighted by molar-refractivity contribution is -0.119. The fraction of sp³-hybridized carbons (Fsp3) is 0.375. The van der Waals surface area contributed by atoms with Gasteiger partial charge in [0.25, 0.3) is 0 Å². The van der Waals surface area contributed by atoms with Crippen LogP contribution in [0.3, 0.4) is 0 Å². The molecule has 0 saturated carbocycles. The molecular weight excluding hydrogens is 298 g/mol. The van der Waals surface area contributed by atoms with Crippen molar-refractivity contribution in [1.29, 1.82) is 0 Å². The van der Waals surface area contributed by atoms with Gasteiger partial charge in [-0.1, -0.05) is 0 Å². The molecule has 1 aliphatic heterocycles. The van der Waals surface area contributed by atoms with Crippen molar-refractivity contribution in [3.63, 3.8) is 0 Å². The van der Waals surface area contributed by atoms with Crippen LogP contribution in [0.4, 0.5) is 5.69 Å². The van der Waals surface area contributed by atoms with Crippen molar-refractivity contribution in [2.75, 3.05) is 32.1 Å². The quantitative estimate of drug-likeness (QED) is 0.867. The van der Waals surface area contributed by atoms with Crippen LogP contribution >= 0.6 is 11.3 Å². The molecule has 3 rings (SSSR count). The smallest absolute Gasteiger partial charge is 0.240 e. The Hall–Kier alpha value is -1.92. The van der Waals surface area contributed by atoms with Crippen molar-refractivity contribution < 1.29 is 9.53 Å². The number of anilines is 1. The van der Waals surface area contributed by atoms with Crippen LogP contribution < -0.4 is 9.64 Å². The minimum absolute atomic E-state index is 0.0747. The lowest BCUT2D eigenvalue weighted by atomic mass is 10.1. The van der Waals surface area contributed by atoms with E-state index in [1.54, 1.807) is 31.3 Å². The summed E-state index contributed by atoms with van der Waals surface area (Å²) in [5, 5.41) is 2.13. The Morgan fingerprint density at radius 1 is 1.45 bits per heavy atom. The molecule has 0 spiro atoms. The van der Waals surface area contributed by atoms with Crippen LogP contribution in [-0.4, -0.2) is 43.0 Å². The molecule has 2 aromatic rings. The van der Waals surface area contributed by atoms with Gasteiger partial charge in [-0.15, -0.1) is 11.3 Å². The highest BCUT2D eigenvalue weighted by atomic mass is 32.1. The van der Waals surface area contributed by atoms with E-state index >= 15 is 0 Å². The Morgan fingerprint density at radius 3 is 3.05 bits per heavy atom. The lowest BCUT2D eigenvalue weighted by Crippen LogP contribution is -2.40. The molecule has 1 aliphatic rings. The summed E-state index contributed by atoms with van der Waals surface area (Å²) >= 11 is 1.81. The first kappa shape index (κ1) is 15.0. The van der Waals surface area contributed by atoms with Crippen LogP contribution in [0.5, 0.6) is 5.88 Å². The molecule has 0 radical (unpaired) electrons. The zero-order valence-corrected chi connectivity index (χ0v) is 13.6. The SMILES string of the molecule is COc1ccc(N(C)C(=O)CN2CCc3sccc3C2)cn1. The molecule has 0 aliphatic carbocycles. The third-order valence-electron chi connectivity index (χ3n) is 3.94. The van der Waals surface area contributed by atoms with Gasteiger partial charge in [-0.25, -0.2) is 4.98 Å². The van der Waals surface area contributed by atoms with Crippen molar-refractivity contribution in [2.45, 2.75) is 13.0 Å². The minimum atomic E-state index is 0.0747. The minimum Gasteiger partial charge on any atom is -0.481 e. The van der Waals surface area contributed by atoms with Crippen molar-refractivity contribution in [1.82, 2.24) is 9.88 Å². The molecule has 0 bridgehead atoms. The molecule has 22 heavy (non-hydrogen) atoms. The monoisotopic (exact) mass is 317 g/mol. The van der Waals surface area contributed by atoms with E-state index in [1.807, 2.05) is 17.4 Å². The van der Waals surface area contributed by atoms with Gasteiger partial charge in [0.15, 0.2) is 0 Å². The molecule has 0 N–H and O–H groups in total. The second kappa shape index (κ2) is 6.46. The van der Waals surface area contributed by atoms with E-state index in [0.29, 0.717) is 12.4 Å². The van der Waals surface area contributed by atoms with Crippen molar-refractivity contribution in [3.05, 3.63) is 40.2 Å². The number of methoxy groups -OCH3 is 1. The molecule has 116 valence electrons. The first-order valence-corrected chi connectivity index (χ1v) is 8.09. The molecular formula is C16H19N3O2S. The molecule has 6 heteroatoms. The number of carbonyl (C=O) groups is 1. The van der Waals surface area contributed by atoms with E-state index < -0.39 is 0 Å². The van der Waals surface area contributed by atoms with Crippen LogP contribution in [0, 0.1) is 0 Å². The number of nitrogens with zero attached hydrogens (tertiary/aromatic N) is 3. The average Bonchev–Trinajstić information content (AvgIpc) is 3.02. The highest BCUT2D eigenvalue weighted by molar-refractivity contribution is 7.10. The molecule has 3 heterocycles. The lowest BCUT2D eigenvalue weighted by Gasteiger charge is -2.28. The van der Waals surface area contributed by atoms with Gasteiger partial charge in [-0.2, -0.15) is 0 Å². The van der Waals surface area contributed by atoms with E-state index in [2.05, 4.69) is 21.3 Å². The van der Waals surface area contributed by atoms with Crippen LogP contribution in [0.25, 0.3) is 0 Å². The van der Waals surface area contributed by atoms with E-state index in [4.69, 9.17) is 4.74 Å². The van der Waals surface area contributed by atoms with Crippen LogP contribution in [0.2, 0.25) is 0 Å². The number of thiophene rings is 1. The number of aromatic nitrogens is 1. The first-order valence-electron chi connectivity index (χ1n) is 7.21. The summed E-state index contributed by atoms with van der Waals surface area (Å²) in [7, 11) is 3.36. The predicted molar refractivity (Wildman–Crippen MR) is 87.5 cm³/mol. The predicted octanol–water partition coefficient (Wildman–Crippen LogP) is 2.17. The third kappa shape index (κ3) is 3.13. The standard InChI is InChI=1S/C16H19N3O2S/c1-18(13-3-4-15(21-2)17-9-13)16(20)11-19-7-5-14-12(10-19)6-8-22-14/h3-4,6,8-9H,5,7,10-11H2,1-2H3. The number of amides is 1. The number of ether oxygens (including phenoxy) is 1. The summed E-state index contributed by atoms with van der Waals surface area (Å²) in [6, 6.07) is 5.77. The van der Waals surface area contributed by atoms with E-state index in [-0.39, 0.29) is 5.91 Å². The third-order valence-corrected chi connectivity index (χ3v) is 4.96. The normalized spacial score (nSPS) is 14.5. The topological polar surface area (TPSA) is 45.7 Å². The first-order chi connectivity index (χ1) is 10.7. The number of hydrogen-bond donors (Lipinski definition) is 0. The van der Waals surface area contributed by atoms with E-state index in [0.717, 1.165) is 25.2 Å².